The molecule has 2 heterocycles. The summed E-state index contributed by atoms with van der Waals surface area (Å²) in [5.74, 6) is 4.13. The van der Waals surface area contributed by atoms with E-state index in [-0.39, 0.29) is 0 Å². The second-order valence-corrected chi connectivity index (χ2v) is 13.6. The number of fused-ring (bicyclic) bond motifs is 5. The van der Waals surface area contributed by atoms with Crippen molar-refractivity contribution >= 4 is 0 Å². The molecule has 6 rings (SSSR count). The minimum absolute atomic E-state index is 0.416. The van der Waals surface area contributed by atoms with E-state index in [2.05, 4.69) is 23.6 Å². The first-order valence-corrected chi connectivity index (χ1v) is 14.6. The topological polar surface area (TPSA) is 6.48 Å². The van der Waals surface area contributed by atoms with Gasteiger partial charge in [-0.1, -0.05) is 39.5 Å². The van der Waals surface area contributed by atoms with Crippen LogP contribution in [0.4, 0.5) is 0 Å². The fourth-order valence-corrected chi connectivity index (χ4v) is 10.7. The minimum atomic E-state index is 0.416. The number of nitrogens with zero attached hydrogens (tertiary/aromatic N) is 2. The third-order valence-corrected chi connectivity index (χ3v) is 12.2. The summed E-state index contributed by atoms with van der Waals surface area (Å²) in [7, 11) is 0. The Hall–Kier alpha value is -0.0800. The van der Waals surface area contributed by atoms with Gasteiger partial charge >= 0.3 is 0 Å². The Balaban J connectivity index is 1.32. The van der Waals surface area contributed by atoms with Gasteiger partial charge < -0.3 is 0 Å². The predicted octanol–water partition coefficient (Wildman–Crippen LogP) is 7.09. The highest BCUT2D eigenvalue weighted by molar-refractivity contribution is 5.14. The summed E-state index contributed by atoms with van der Waals surface area (Å²) in [6, 6.07) is 0. The zero-order valence-electron chi connectivity index (χ0n) is 20.8. The zero-order chi connectivity index (χ0) is 21.1. The molecular formula is C29H50N2. The Morgan fingerprint density at radius 2 is 1.29 bits per heavy atom. The first kappa shape index (κ1) is 21.5. The number of hydrogen-bond acceptors (Lipinski definition) is 2. The molecule has 0 aromatic carbocycles. The summed E-state index contributed by atoms with van der Waals surface area (Å²) >= 11 is 0. The summed E-state index contributed by atoms with van der Waals surface area (Å²) in [6.45, 7) is 11.0. The van der Waals surface area contributed by atoms with Crippen LogP contribution in [-0.2, 0) is 0 Å². The Morgan fingerprint density at radius 3 is 1.97 bits per heavy atom. The molecule has 6 aliphatic rings. The average molecular weight is 427 g/mol. The molecule has 2 nitrogen and oxygen atoms in total. The number of hydrogen-bond donors (Lipinski definition) is 0. The SMILES string of the molecule is C[C@]12CC[C@@H]3[C@@H](CCC4CCCC[C@@]43C)[C@@H]1CC(N1CCCCC1)(N1CCCCC1)C2. The maximum absolute atomic E-state index is 3.05. The summed E-state index contributed by atoms with van der Waals surface area (Å²) in [6.07, 6.45) is 24.1. The van der Waals surface area contributed by atoms with Gasteiger partial charge in [-0.15, -0.1) is 0 Å². The van der Waals surface area contributed by atoms with Crippen LogP contribution < -0.4 is 0 Å². The van der Waals surface area contributed by atoms with E-state index in [1.807, 2.05) is 0 Å². The highest BCUT2D eigenvalue weighted by Gasteiger charge is 2.64. The van der Waals surface area contributed by atoms with Crippen molar-refractivity contribution < 1.29 is 0 Å². The highest BCUT2D eigenvalue weighted by Crippen LogP contribution is 2.68. The molecule has 0 amide bonds. The Labute approximate surface area is 192 Å². The lowest BCUT2D eigenvalue weighted by Gasteiger charge is -2.59. The van der Waals surface area contributed by atoms with Crippen molar-refractivity contribution in [3.63, 3.8) is 0 Å². The summed E-state index contributed by atoms with van der Waals surface area (Å²) in [5.41, 5.74) is 1.71. The Kier molecular flexibility index (Phi) is 5.54. The van der Waals surface area contributed by atoms with E-state index in [0.717, 1.165) is 23.7 Å². The predicted molar refractivity (Wildman–Crippen MR) is 130 cm³/mol. The van der Waals surface area contributed by atoms with Gasteiger partial charge in [-0.2, -0.15) is 0 Å². The second-order valence-electron chi connectivity index (χ2n) is 13.6. The van der Waals surface area contributed by atoms with Gasteiger partial charge in [0.1, 0.15) is 0 Å². The van der Waals surface area contributed by atoms with Crippen LogP contribution in [0, 0.1) is 34.5 Å². The van der Waals surface area contributed by atoms with Crippen LogP contribution in [0.3, 0.4) is 0 Å². The van der Waals surface area contributed by atoms with E-state index < -0.39 is 0 Å². The molecule has 6 atom stereocenters. The van der Waals surface area contributed by atoms with Gasteiger partial charge in [0, 0.05) is 0 Å². The molecule has 0 aromatic rings. The summed E-state index contributed by atoms with van der Waals surface area (Å²) in [5, 5.41) is 0. The third-order valence-electron chi connectivity index (χ3n) is 12.2. The van der Waals surface area contributed by atoms with E-state index in [0.29, 0.717) is 16.5 Å². The highest BCUT2D eigenvalue weighted by atomic mass is 15.4. The molecule has 0 aromatic heterocycles. The fraction of sp³-hybridized carbons (Fsp3) is 1.00. The van der Waals surface area contributed by atoms with E-state index in [1.54, 1.807) is 32.1 Å². The lowest BCUT2D eigenvalue weighted by atomic mass is 9.45. The maximum atomic E-state index is 3.05. The average Bonchev–Trinajstić information content (AvgIpc) is 3.15. The molecule has 31 heavy (non-hydrogen) atoms. The molecule has 0 bridgehead atoms. The molecule has 4 saturated carbocycles. The van der Waals surface area contributed by atoms with Crippen LogP contribution in [0.5, 0.6) is 0 Å². The molecule has 4 aliphatic carbocycles. The van der Waals surface area contributed by atoms with Crippen molar-refractivity contribution in [2.45, 2.75) is 122 Å². The van der Waals surface area contributed by atoms with Crippen molar-refractivity contribution in [1.82, 2.24) is 9.80 Å². The normalized spacial score (nSPS) is 48.6. The van der Waals surface area contributed by atoms with Gasteiger partial charge in [-0.3, -0.25) is 9.80 Å². The third kappa shape index (κ3) is 3.31. The summed E-state index contributed by atoms with van der Waals surface area (Å²) in [4.78, 5) is 6.10. The maximum Gasteiger partial charge on any atom is 0.0746 e. The fourth-order valence-electron chi connectivity index (χ4n) is 10.7. The van der Waals surface area contributed by atoms with Crippen molar-refractivity contribution in [2.75, 3.05) is 26.2 Å². The zero-order valence-corrected chi connectivity index (χ0v) is 20.8. The van der Waals surface area contributed by atoms with Gasteiger partial charge in [0.05, 0.1) is 5.66 Å². The molecule has 2 aliphatic heterocycles. The first-order valence-electron chi connectivity index (χ1n) is 14.6. The van der Waals surface area contributed by atoms with Crippen LogP contribution in [0.1, 0.15) is 117 Å². The molecule has 176 valence electrons. The number of rotatable bonds is 2. The molecule has 2 heteroatoms. The number of piperidine rings is 2. The second kappa shape index (κ2) is 8.00. The van der Waals surface area contributed by atoms with Gasteiger partial charge in [0.2, 0.25) is 0 Å². The van der Waals surface area contributed by atoms with E-state index >= 15 is 0 Å². The van der Waals surface area contributed by atoms with E-state index in [4.69, 9.17) is 0 Å². The van der Waals surface area contributed by atoms with Crippen LogP contribution in [0.15, 0.2) is 0 Å². The molecule has 6 fully saturated rings. The Morgan fingerprint density at radius 1 is 0.613 bits per heavy atom. The standard InChI is InChI=1S/C29H50N2/c1-27-16-14-25-24(13-12-23-11-5-6-15-28(23,25)2)26(27)21-29(22-27,30-17-7-3-8-18-30)31-19-9-4-10-20-31/h23-26H,3-22H2,1-2H3/t23?,24-,25-,26+,27-,28+/m1/s1. The van der Waals surface area contributed by atoms with Gasteiger partial charge in [0.15, 0.2) is 0 Å². The van der Waals surface area contributed by atoms with Gasteiger partial charge in [-0.25, -0.2) is 0 Å². The molecule has 2 saturated heterocycles. The van der Waals surface area contributed by atoms with Crippen LogP contribution in [0.2, 0.25) is 0 Å². The molecule has 0 spiro atoms. The van der Waals surface area contributed by atoms with Crippen molar-refractivity contribution in [3.8, 4) is 0 Å². The van der Waals surface area contributed by atoms with E-state index in [1.165, 1.54) is 96.8 Å². The summed E-state index contributed by atoms with van der Waals surface area (Å²) < 4.78 is 0. The van der Waals surface area contributed by atoms with Gasteiger partial charge in [-0.05, 0) is 138 Å². The molecular weight excluding hydrogens is 376 g/mol. The quantitative estimate of drug-likeness (QED) is 0.465. The van der Waals surface area contributed by atoms with Crippen LogP contribution in [0.25, 0.3) is 0 Å². The first-order chi connectivity index (χ1) is 15.1. The lowest BCUT2D eigenvalue weighted by Crippen LogP contribution is -2.62. The van der Waals surface area contributed by atoms with Crippen LogP contribution >= 0.6 is 0 Å². The van der Waals surface area contributed by atoms with Crippen molar-refractivity contribution in [1.29, 1.82) is 0 Å². The lowest BCUT2D eigenvalue weighted by molar-refractivity contribution is -0.103. The van der Waals surface area contributed by atoms with E-state index in [9.17, 15) is 0 Å². The molecule has 1 unspecified atom stereocenters. The molecule has 0 N–H and O–H groups in total. The van der Waals surface area contributed by atoms with Crippen molar-refractivity contribution in [2.24, 2.45) is 34.5 Å². The largest absolute Gasteiger partial charge is 0.285 e. The molecule has 0 radical (unpaired) electrons. The monoisotopic (exact) mass is 426 g/mol. The van der Waals surface area contributed by atoms with Crippen molar-refractivity contribution in [3.05, 3.63) is 0 Å². The minimum Gasteiger partial charge on any atom is -0.285 e. The smallest absolute Gasteiger partial charge is 0.0746 e. The Bertz CT molecular complexity index is 629. The van der Waals surface area contributed by atoms with Gasteiger partial charge in [0.25, 0.3) is 0 Å². The van der Waals surface area contributed by atoms with Crippen LogP contribution in [-0.4, -0.2) is 41.6 Å². The number of likely N-dealkylation sites (tertiary alicyclic amines) is 2.